The Morgan fingerprint density at radius 3 is 2.65 bits per heavy atom. The van der Waals surface area contributed by atoms with E-state index < -0.39 is 11.9 Å². The largest absolute Gasteiger partial charge is 0.478 e. The second kappa shape index (κ2) is 8.15. The Kier molecular flexibility index (Phi) is 5.69. The number of rotatable bonds is 6. The zero-order valence-corrected chi connectivity index (χ0v) is 15.6. The molecule has 3 aromatic rings. The molecule has 0 aliphatic carbocycles. The zero-order chi connectivity index (χ0) is 18.5. The Hall–Kier alpha value is -2.65. The summed E-state index contributed by atoms with van der Waals surface area (Å²) in [5.41, 5.74) is 1.18. The maximum Gasteiger partial charge on any atom is 0.337 e. The number of hydrogen-bond acceptors (Lipinski definition) is 6. The number of carbonyl (C=O) groups excluding carboxylic acids is 1. The zero-order valence-electron chi connectivity index (χ0n) is 13.2. The van der Waals surface area contributed by atoms with Crippen LogP contribution < -0.4 is 5.32 Å². The smallest absolute Gasteiger partial charge is 0.337 e. The first-order chi connectivity index (χ1) is 12.5. The van der Waals surface area contributed by atoms with Gasteiger partial charge in [0.25, 0.3) is 5.22 Å². The van der Waals surface area contributed by atoms with Gasteiger partial charge in [-0.3, -0.25) is 4.79 Å². The van der Waals surface area contributed by atoms with E-state index in [9.17, 15) is 14.7 Å². The van der Waals surface area contributed by atoms with Crippen LogP contribution in [-0.2, 0) is 5.75 Å². The van der Waals surface area contributed by atoms with Gasteiger partial charge in [0.05, 0.1) is 11.3 Å². The monoisotopic (exact) mass is 433 g/mol. The van der Waals surface area contributed by atoms with E-state index in [1.54, 1.807) is 6.07 Å². The topological polar surface area (TPSA) is 105 Å². The van der Waals surface area contributed by atoms with Crippen LogP contribution in [0.1, 0.15) is 26.6 Å². The molecule has 0 atom stereocenters. The van der Waals surface area contributed by atoms with Gasteiger partial charge in [0, 0.05) is 10.2 Å². The molecule has 0 spiro atoms. The number of carboxylic acids is 1. The number of carbonyl (C=O) groups is 2. The second-order valence-electron chi connectivity index (χ2n) is 5.10. The third kappa shape index (κ3) is 4.50. The summed E-state index contributed by atoms with van der Waals surface area (Å²) in [4.78, 5) is 23.5. The minimum absolute atomic E-state index is 0.0501. The summed E-state index contributed by atoms with van der Waals surface area (Å²) >= 11 is 4.50. The number of benzene rings is 2. The van der Waals surface area contributed by atoms with Gasteiger partial charge in [-0.2, -0.15) is 0 Å². The first-order valence-corrected chi connectivity index (χ1v) is 9.15. The van der Waals surface area contributed by atoms with Crippen LogP contribution in [0.15, 0.2) is 62.6 Å². The Labute approximate surface area is 161 Å². The molecule has 0 bridgehead atoms. The van der Waals surface area contributed by atoms with Crippen molar-refractivity contribution in [2.24, 2.45) is 0 Å². The minimum Gasteiger partial charge on any atom is -0.478 e. The fraction of sp³-hybridized carbons (Fsp3) is 0.0588. The Morgan fingerprint density at radius 2 is 1.92 bits per heavy atom. The molecular formula is C17H12BrN3O4S. The lowest BCUT2D eigenvalue weighted by Crippen LogP contribution is -2.15. The predicted octanol–water partition coefficient (Wildman–Crippen LogP) is 4.07. The van der Waals surface area contributed by atoms with E-state index in [2.05, 4.69) is 31.4 Å². The average molecular weight is 434 g/mol. The van der Waals surface area contributed by atoms with Crippen LogP contribution in [0.25, 0.3) is 0 Å². The van der Waals surface area contributed by atoms with Gasteiger partial charge < -0.3 is 14.8 Å². The highest BCUT2D eigenvalue weighted by Gasteiger charge is 2.19. The van der Waals surface area contributed by atoms with E-state index in [1.807, 2.05) is 30.3 Å². The van der Waals surface area contributed by atoms with Crippen LogP contribution in [0.5, 0.6) is 0 Å². The molecule has 0 aliphatic heterocycles. The van der Waals surface area contributed by atoms with E-state index in [0.29, 0.717) is 10.2 Å². The number of hydrogen-bond donors (Lipinski definition) is 2. The summed E-state index contributed by atoms with van der Waals surface area (Å²) < 4.78 is 5.92. The normalized spacial score (nSPS) is 10.5. The van der Waals surface area contributed by atoms with E-state index in [0.717, 1.165) is 5.56 Å². The van der Waals surface area contributed by atoms with Crippen LogP contribution >= 0.6 is 27.7 Å². The van der Waals surface area contributed by atoms with Crippen molar-refractivity contribution in [2.45, 2.75) is 11.0 Å². The molecule has 1 aromatic heterocycles. The fourth-order valence-electron chi connectivity index (χ4n) is 2.06. The molecule has 132 valence electrons. The number of aromatic nitrogens is 2. The number of halogens is 1. The molecule has 1 heterocycles. The van der Waals surface area contributed by atoms with Crippen molar-refractivity contribution in [1.29, 1.82) is 0 Å². The quantitative estimate of drug-likeness (QED) is 0.564. The lowest BCUT2D eigenvalue weighted by molar-refractivity contribution is 0.0698. The van der Waals surface area contributed by atoms with Gasteiger partial charge in [-0.05, 0) is 23.8 Å². The average Bonchev–Trinajstić information content (AvgIpc) is 3.11. The van der Waals surface area contributed by atoms with Gasteiger partial charge in [-0.1, -0.05) is 58.0 Å². The highest BCUT2D eigenvalue weighted by Crippen LogP contribution is 2.23. The molecule has 0 aliphatic rings. The Balaban J connectivity index is 1.68. The van der Waals surface area contributed by atoms with Crippen LogP contribution in [0.4, 0.5) is 5.69 Å². The molecule has 0 unspecified atom stereocenters. The number of amides is 1. The minimum atomic E-state index is -1.16. The summed E-state index contributed by atoms with van der Waals surface area (Å²) in [6.45, 7) is 0. The molecule has 9 heteroatoms. The summed E-state index contributed by atoms with van der Waals surface area (Å²) in [5, 5.41) is 19.5. The standard InChI is InChI=1S/C17H12BrN3O4S/c18-11-6-7-13(12(8-11)16(23)24)19-14(22)15-20-21-17(25-15)26-9-10-4-2-1-3-5-10/h1-8H,9H2,(H,19,22)(H,23,24). The molecule has 0 radical (unpaired) electrons. The van der Waals surface area contributed by atoms with Crippen molar-refractivity contribution in [2.75, 3.05) is 5.32 Å². The second-order valence-corrected chi connectivity index (χ2v) is 6.94. The molecular weight excluding hydrogens is 422 g/mol. The maximum absolute atomic E-state index is 12.2. The molecule has 1 amide bonds. The third-order valence-corrected chi connectivity index (χ3v) is 4.65. The van der Waals surface area contributed by atoms with E-state index in [1.165, 1.54) is 23.9 Å². The van der Waals surface area contributed by atoms with Gasteiger partial charge in [0.15, 0.2) is 0 Å². The highest BCUT2D eigenvalue weighted by molar-refractivity contribution is 9.10. The summed E-state index contributed by atoms with van der Waals surface area (Å²) in [6, 6.07) is 14.2. The number of thioether (sulfide) groups is 1. The van der Waals surface area contributed by atoms with E-state index in [-0.39, 0.29) is 22.4 Å². The van der Waals surface area contributed by atoms with Gasteiger partial charge in [-0.15, -0.1) is 10.2 Å². The number of aromatic carboxylic acids is 1. The number of nitrogens with one attached hydrogen (secondary N) is 1. The summed E-state index contributed by atoms with van der Waals surface area (Å²) in [5.74, 6) is -1.44. The fourth-order valence-corrected chi connectivity index (χ4v) is 3.14. The van der Waals surface area contributed by atoms with Crippen molar-refractivity contribution in [3.05, 3.63) is 70.0 Å². The molecule has 0 fully saturated rings. The van der Waals surface area contributed by atoms with Crippen molar-refractivity contribution in [3.63, 3.8) is 0 Å². The molecule has 26 heavy (non-hydrogen) atoms. The van der Waals surface area contributed by atoms with Crippen molar-refractivity contribution in [3.8, 4) is 0 Å². The molecule has 7 nitrogen and oxygen atoms in total. The van der Waals surface area contributed by atoms with Crippen LogP contribution in [-0.4, -0.2) is 27.2 Å². The van der Waals surface area contributed by atoms with E-state index >= 15 is 0 Å². The first kappa shape index (κ1) is 18.2. The van der Waals surface area contributed by atoms with E-state index in [4.69, 9.17) is 4.42 Å². The summed E-state index contributed by atoms with van der Waals surface area (Å²) in [7, 11) is 0. The number of nitrogens with zero attached hydrogens (tertiary/aromatic N) is 2. The van der Waals surface area contributed by atoms with Gasteiger partial charge in [-0.25, -0.2) is 4.79 Å². The number of carboxylic acid groups (broad SMARTS) is 1. The van der Waals surface area contributed by atoms with Crippen LogP contribution in [0.2, 0.25) is 0 Å². The third-order valence-electron chi connectivity index (χ3n) is 3.27. The van der Waals surface area contributed by atoms with Gasteiger partial charge >= 0.3 is 17.8 Å². The summed E-state index contributed by atoms with van der Waals surface area (Å²) in [6.07, 6.45) is 0. The van der Waals surface area contributed by atoms with Crippen molar-refractivity contribution >= 4 is 45.3 Å². The molecule has 0 saturated heterocycles. The van der Waals surface area contributed by atoms with Gasteiger partial charge in [0.1, 0.15) is 0 Å². The molecule has 0 saturated carbocycles. The Morgan fingerprint density at radius 1 is 1.15 bits per heavy atom. The lowest BCUT2D eigenvalue weighted by Gasteiger charge is -2.06. The lowest BCUT2D eigenvalue weighted by atomic mass is 10.2. The maximum atomic E-state index is 12.2. The SMILES string of the molecule is O=C(Nc1ccc(Br)cc1C(=O)O)c1nnc(SCc2ccccc2)o1. The Bertz CT molecular complexity index is 946. The predicted molar refractivity (Wildman–Crippen MR) is 99.4 cm³/mol. The molecule has 2 aromatic carbocycles. The van der Waals surface area contributed by atoms with Gasteiger partial charge in [0.2, 0.25) is 0 Å². The highest BCUT2D eigenvalue weighted by atomic mass is 79.9. The first-order valence-electron chi connectivity index (χ1n) is 7.37. The molecule has 2 N–H and O–H groups in total. The molecule has 3 rings (SSSR count). The van der Waals surface area contributed by atoms with Crippen molar-refractivity contribution in [1.82, 2.24) is 10.2 Å². The number of anilines is 1. The van der Waals surface area contributed by atoms with Crippen LogP contribution in [0, 0.1) is 0 Å². The van der Waals surface area contributed by atoms with Crippen LogP contribution in [0.3, 0.4) is 0 Å². The van der Waals surface area contributed by atoms with Crippen molar-refractivity contribution < 1.29 is 19.1 Å².